The summed E-state index contributed by atoms with van der Waals surface area (Å²) in [6, 6.07) is 3.55. The van der Waals surface area contributed by atoms with Crippen LogP contribution in [0.15, 0.2) is 16.6 Å². The molecule has 6 heteroatoms. The van der Waals surface area contributed by atoms with Crippen LogP contribution in [-0.2, 0) is 9.47 Å². The molecule has 108 valence electrons. The third-order valence-corrected chi connectivity index (χ3v) is 3.77. The highest BCUT2D eigenvalue weighted by Gasteiger charge is 2.37. The topological polar surface area (TPSA) is 54.0 Å². The Labute approximate surface area is 125 Å². The number of esters is 1. The van der Waals surface area contributed by atoms with Crippen LogP contribution in [0.3, 0.4) is 0 Å². The molecule has 2 aliphatic rings. The minimum Gasteiger partial charge on any atom is -0.492 e. The summed E-state index contributed by atoms with van der Waals surface area (Å²) in [5, 5.41) is 0. The first kappa shape index (κ1) is 13.7. The van der Waals surface area contributed by atoms with E-state index in [1.807, 2.05) is 0 Å². The van der Waals surface area contributed by atoms with Gasteiger partial charge in [0.05, 0.1) is 24.3 Å². The molecule has 0 saturated carbocycles. The van der Waals surface area contributed by atoms with Crippen LogP contribution in [0.2, 0.25) is 0 Å². The van der Waals surface area contributed by atoms with Gasteiger partial charge >= 0.3 is 5.97 Å². The molecular weight excluding hydrogens is 328 g/mol. The maximum absolute atomic E-state index is 12.2. The number of rotatable bonds is 3. The van der Waals surface area contributed by atoms with E-state index in [0.717, 1.165) is 0 Å². The van der Waals surface area contributed by atoms with E-state index in [4.69, 9.17) is 18.9 Å². The zero-order valence-electron chi connectivity index (χ0n) is 11.3. The second-order valence-corrected chi connectivity index (χ2v) is 6.21. The van der Waals surface area contributed by atoms with Gasteiger partial charge in [-0.1, -0.05) is 0 Å². The lowest BCUT2D eigenvalue weighted by Crippen LogP contribution is -2.39. The van der Waals surface area contributed by atoms with Crippen molar-refractivity contribution in [1.82, 2.24) is 0 Å². The molecule has 0 N–H and O–H groups in total. The highest BCUT2D eigenvalue weighted by atomic mass is 79.9. The van der Waals surface area contributed by atoms with E-state index in [2.05, 4.69) is 15.9 Å². The molecule has 20 heavy (non-hydrogen) atoms. The zero-order valence-corrected chi connectivity index (χ0v) is 12.9. The second kappa shape index (κ2) is 4.93. The summed E-state index contributed by atoms with van der Waals surface area (Å²) in [6.07, 6.45) is 0. The predicted molar refractivity (Wildman–Crippen MR) is 74.1 cm³/mol. The number of benzene rings is 1. The number of cyclic esters (lactones) is 1. The standard InChI is InChI=1S/C14H15BrO5/c1-14(2)19-12-9(15)3-4-10(11(12)13(16)20-14)18-7-8-5-17-6-8/h3-4,8H,5-7H2,1-2H3. The Morgan fingerprint density at radius 2 is 2.10 bits per heavy atom. The van der Waals surface area contributed by atoms with E-state index < -0.39 is 11.8 Å². The van der Waals surface area contributed by atoms with Crippen LogP contribution in [0, 0.1) is 5.92 Å². The highest BCUT2D eigenvalue weighted by Crippen LogP contribution is 2.42. The average molecular weight is 343 g/mol. The Morgan fingerprint density at radius 1 is 1.35 bits per heavy atom. The maximum Gasteiger partial charge on any atom is 0.349 e. The van der Waals surface area contributed by atoms with Crippen LogP contribution < -0.4 is 9.47 Å². The van der Waals surface area contributed by atoms with Crippen LogP contribution in [-0.4, -0.2) is 31.6 Å². The number of hydrogen-bond acceptors (Lipinski definition) is 5. The van der Waals surface area contributed by atoms with Crippen LogP contribution in [0.5, 0.6) is 11.5 Å². The van der Waals surface area contributed by atoms with Gasteiger partial charge in [0.15, 0.2) is 5.75 Å². The molecule has 0 aliphatic carbocycles. The van der Waals surface area contributed by atoms with Crippen molar-refractivity contribution >= 4 is 21.9 Å². The summed E-state index contributed by atoms with van der Waals surface area (Å²) < 4.78 is 22.5. The summed E-state index contributed by atoms with van der Waals surface area (Å²) in [6.45, 7) is 5.31. The lowest BCUT2D eigenvalue weighted by atomic mass is 10.1. The molecule has 0 radical (unpaired) electrons. The summed E-state index contributed by atoms with van der Waals surface area (Å²) in [7, 11) is 0. The van der Waals surface area contributed by atoms with E-state index >= 15 is 0 Å². The molecule has 1 saturated heterocycles. The number of ether oxygens (including phenoxy) is 4. The quantitative estimate of drug-likeness (QED) is 0.790. The number of carbonyl (C=O) groups is 1. The number of carbonyl (C=O) groups excluding carboxylic acids is 1. The minimum atomic E-state index is -0.979. The molecule has 0 atom stereocenters. The molecule has 1 fully saturated rings. The Bertz CT molecular complexity index is 551. The summed E-state index contributed by atoms with van der Waals surface area (Å²) in [4.78, 5) is 12.2. The number of hydrogen-bond donors (Lipinski definition) is 0. The molecule has 5 nitrogen and oxygen atoms in total. The Kier molecular flexibility index (Phi) is 3.38. The van der Waals surface area contributed by atoms with E-state index in [1.165, 1.54) is 0 Å². The van der Waals surface area contributed by atoms with Crippen molar-refractivity contribution in [2.75, 3.05) is 19.8 Å². The zero-order chi connectivity index (χ0) is 14.3. The van der Waals surface area contributed by atoms with Gasteiger partial charge in [0, 0.05) is 19.8 Å². The first-order valence-corrected chi connectivity index (χ1v) is 7.21. The van der Waals surface area contributed by atoms with Crippen LogP contribution >= 0.6 is 15.9 Å². The summed E-state index contributed by atoms with van der Waals surface area (Å²) in [5.74, 6) is -0.0829. The van der Waals surface area contributed by atoms with Gasteiger partial charge in [-0.3, -0.25) is 0 Å². The molecule has 2 heterocycles. The van der Waals surface area contributed by atoms with Crippen molar-refractivity contribution in [3.05, 3.63) is 22.2 Å². The molecule has 0 spiro atoms. The third kappa shape index (κ3) is 2.50. The van der Waals surface area contributed by atoms with Crippen molar-refractivity contribution < 1.29 is 23.7 Å². The average Bonchev–Trinajstić information content (AvgIpc) is 2.29. The third-order valence-electron chi connectivity index (χ3n) is 3.14. The predicted octanol–water partition coefficient (Wildman–Crippen LogP) is 2.76. The van der Waals surface area contributed by atoms with Crippen molar-refractivity contribution in [3.8, 4) is 11.5 Å². The highest BCUT2D eigenvalue weighted by molar-refractivity contribution is 9.10. The van der Waals surface area contributed by atoms with Crippen LogP contribution in [0.4, 0.5) is 0 Å². The van der Waals surface area contributed by atoms with E-state index in [0.29, 0.717) is 47.3 Å². The van der Waals surface area contributed by atoms with Gasteiger partial charge in [-0.2, -0.15) is 0 Å². The van der Waals surface area contributed by atoms with E-state index in [-0.39, 0.29) is 0 Å². The van der Waals surface area contributed by atoms with Gasteiger partial charge in [-0.15, -0.1) is 0 Å². The lowest BCUT2D eigenvalue weighted by molar-refractivity contribution is -0.128. The molecule has 3 rings (SSSR count). The monoisotopic (exact) mass is 342 g/mol. The van der Waals surface area contributed by atoms with Gasteiger partial charge in [-0.05, 0) is 28.1 Å². The molecule has 0 amide bonds. The molecule has 0 bridgehead atoms. The van der Waals surface area contributed by atoms with Crippen LogP contribution in [0.1, 0.15) is 24.2 Å². The molecule has 0 unspecified atom stereocenters. The van der Waals surface area contributed by atoms with E-state index in [1.54, 1.807) is 26.0 Å². The van der Waals surface area contributed by atoms with Gasteiger partial charge in [-0.25, -0.2) is 4.79 Å². The summed E-state index contributed by atoms with van der Waals surface area (Å²) in [5.41, 5.74) is 0.332. The molecule has 2 aliphatic heterocycles. The second-order valence-electron chi connectivity index (χ2n) is 5.36. The Morgan fingerprint density at radius 3 is 2.75 bits per heavy atom. The fraction of sp³-hybridized carbons (Fsp3) is 0.500. The van der Waals surface area contributed by atoms with Crippen LogP contribution in [0.25, 0.3) is 0 Å². The minimum absolute atomic E-state index is 0.332. The van der Waals surface area contributed by atoms with Crippen molar-refractivity contribution in [1.29, 1.82) is 0 Å². The molecular formula is C14H15BrO5. The van der Waals surface area contributed by atoms with Gasteiger partial charge in [0.25, 0.3) is 0 Å². The van der Waals surface area contributed by atoms with Crippen molar-refractivity contribution in [3.63, 3.8) is 0 Å². The fourth-order valence-corrected chi connectivity index (χ4v) is 2.49. The first-order chi connectivity index (χ1) is 9.46. The molecule has 1 aromatic rings. The van der Waals surface area contributed by atoms with Gasteiger partial charge < -0.3 is 18.9 Å². The van der Waals surface area contributed by atoms with Gasteiger partial charge in [0.2, 0.25) is 5.79 Å². The molecule has 1 aromatic carbocycles. The number of halogens is 1. The SMILES string of the molecule is CC1(C)OC(=O)c2c(OCC3COC3)ccc(Br)c2O1. The van der Waals surface area contributed by atoms with Crippen molar-refractivity contribution in [2.45, 2.75) is 19.6 Å². The number of fused-ring (bicyclic) bond motifs is 1. The largest absolute Gasteiger partial charge is 0.492 e. The molecule has 0 aromatic heterocycles. The first-order valence-electron chi connectivity index (χ1n) is 6.42. The lowest BCUT2D eigenvalue weighted by Gasteiger charge is -2.33. The smallest absolute Gasteiger partial charge is 0.349 e. The Balaban J connectivity index is 1.90. The summed E-state index contributed by atoms with van der Waals surface area (Å²) >= 11 is 3.39. The fourth-order valence-electron chi connectivity index (χ4n) is 2.08. The van der Waals surface area contributed by atoms with Crippen molar-refractivity contribution in [2.24, 2.45) is 5.92 Å². The van der Waals surface area contributed by atoms with E-state index in [9.17, 15) is 4.79 Å². The normalized spacial score (nSPS) is 20.4. The maximum atomic E-state index is 12.2. The Hall–Kier alpha value is -1.27. The van der Waals surface area contributed by atoms with Gasteiger partial charge in [0.1, 0.15) is 11.3 Å².